The summed E-state index contributed by atoms with van der Waals surface area (Å²) < 4.78 is 0. The largest absolute Gasteiger partial charge is 0.293 e. The van der Waals surface area contributed by atoms with Gasteiger partial charge in [-0.15, -0.1) is 0 Å². The molecule has 0 N–H and O–H groups in total. The topological polar surface area (TPSA) is 12.4 Å². The van der Waals surface area contributed by atoms with E-state index < -0.39 is 0 Å². The Hall–Kier alpha value is -1.11. The van der Waals surface area contributed by atoms with Gasteiger partial charge in [-0.25, -0.2) is 0 Å². The highest BCUT2D eigenvalue weighted by Crippen LogP contribution is 2.33. The van der Waals surface area contributed by atoms with E-state index in [9.17, 15) is 0 Å². The standard InChI is InChI=1S/C11H15N/c1-4-10(6-7-12-5-2)11-8-9(11)3/h6-8H,3-5H2,1-2H3/b10-6-,12-7?. The zero-order valence-electron chi connectivity index (χ0n) is 7.80. The molecule has 0 saturated heterocycles. The van der Waals surface area contributed by atoms with Crippen LogP contribution in [-0.4, -0.2) is 12.8 Å². The molecule has 12 heavy (non-hydrogen) atoms. The lowest BCUT2D eigenvalue weighted by atomic mass is 10.1. The summed E-state index contributed by atoms with van der Waals surface area (Å²) in [5, 5.41) is 0. The Balaban J connectivity index is 2.56. The fraction of sp³-hybridized carbons (Fsp3) is 0.364. The number of rotatable bonds is 4. The number of aliphatic imine (C=N–C) groups is 1. The third kappa shape index (κ3) is 2.19. The van der Waals surface area contributed by atoms with Crippen molar-refractivity contribution >= 4 is 6.21 Å². The van der Waals surface area contributed by atoms with Crippen LogP contribution < -0.4 is 0 Å². The SMILES string of the molecule is C=C1C=C1/C(=C\C=NCC)CC. The minimum absolute atomic E-state index is 0.855. The maximum atomic E-state index is 4.14. The molecule has 0 aromatic carbocycles. The van der Waals surface area contributed by atoms with Crippen molar-refractivity contribution in [2.75, 3.05) is 6.54 Å². The van der Waals surface area contributed by atoms with Gasteiger partial charge in [0.1, 0.15) is 0 Å². The van der Waals surface area contributed by atoms with Crippen LogP contribution in [-0.2, 0) is 0 Å². The Morgan fingerprint density at radius 3 is 2.67 bits per heavy atom. The Labute approximate surface area is 74.2 Å². The first-order valence-electron chi connectivity index (χ1n) is 4.40. The van der Waals surface area contributed by atoms with Gasteiger partial charge >= 0.3 is 0 Å². The smallest absolute Gasteiger partial charge is 0.0360 e. The number of nitrogens with zero attached hydrogens (tertiary/aromatic N) is 1. The van der Waals surface area contributed by atoms with E-state index in [-0.39, 0.29) is 0 Å². The maximum Gasteiger partial charge on any atom is 0.0360 e. The van der Waals surface area contributed by atoms with E-state index in [0.29, 0.717) is 0 Å². The molecule has 1 nitrogen and oxygen atoms in total. The van der Waals surface area contributed by atoms with Gasteiger partial charge in [0, 0.05) is 12.8 Å². The van der Waals surface area contributed by atoms with Gasteiger partial charge in [-0.3, -0.25) is 4.99 Å². The van der Waals surface area contributed by atoms with Crippen LogP contribution in [0.5, 0.6) is 0 Å². The normalized spacial score (nSPS) is 17.0. The summed E-state index contributed by atoms with van der Waals surface area (Å²) in [6.45, 7) is 8.91. The molecule has 0 aromatic heterocycles. The van der Waals surface area contributed by atoms with E-state index >= 15 is 0 Å². The second-order valence-corrected chi connectivity index (χ2v) is 2.78. The van der Waals surface area contributed by atoms with E-state index in [1.165, 1.54) is 16.7 Å². The average Bonchev–Trinajstić information content (AvgIpc) is 2.77. The third-order valence-electron chi connectivity index (χ3n) is 1.87. The van der Waals surface area contributed by atoms with Crippen LogP contribution in [0.3, 0.4) is 0 Å². The molecule has 1 heteroatoms. The fourth-order valence-corrected chi connectivity index (χ4v) is 1.08. The highest BCUT2D eigenvalue weighted by atomic mass is 14.7. The third-order valence-corrected chi connectivity index (χ3v) is 1.87. The Morgan fingerprint density at radius 2 is 2.25 bits per heavy atom. The lowest BCUT2D eigenvalue weighted by Gasteiger charge is -1.94. The van der Waals surface area contributed by atoms with E-state index in [0.717, 1.165) is 13.0 Å². The van der Waals surface area contributed by atoms with Crippen molar-refractivity contribution < 1.29 is 0 Å². The molecular weight excluding hydrogens is 146 g/mol. The number of hydrogen-bond donors (Lipinski definition) is 0. The summed E-state index contributed by atoms with van der Waals surface area (Å²) in [5.41, 5.74) is 3.84. The molecule has 1 aliphatic rings. The first-order valence-corrected chi connectivity index (χ1v) is 4.40. The number of allylic oxidation sites excluding steroid dienone is 5. The highest BCUT2D eigenvalue weighted by molar-refractivity contribution is 5.77. The van der Waals surface area contributed by atoms with Crippen molar-refractivity contribution in [1.29, 1.82) is 0 Å². The van der Waals surface area contributed by atoms with Gasteiger partial charge in [0.15, 0.2) is 0 Å². The first kappa shape index (κ1) is 8.98. The van der Waals surface area contributed by atoms with Crippen LogP contribution >= 0.6 is 0 Å². The lowest BCUT2D eigenvalue weighted by Crippen LogP contribution is -1.79. The molecule has 0 radical (unpaired) electrons. The molecular formula is C11H15N. The molecule has 0 heterocycles. The molecule has 0 aromatic rings. The van der Waals surface area contributed by atoms with Gasteiger partial charge in [0.2, 0.25) is 0 Å². The first-order chi connectivity index (χ1) is 5.79. The molecule has 0 bridgehead atoms. The summed E-state index contributed by atoms with van der Waals surface area (Å²) in [6, 6.07) is 0. The summed E-state index contributed by atoms with van der Waals surface area (Å²) in [7, 11) is 0. The highest BCUT2D eigenvalue weighted by Gasteiger charge is 2.15. The van der Waals surface area contributed by atoms with Crippen molar-refractivity contribution in [3.63, 3.8) is 0 Å². The quantitative estimate of drug-likeness (QED) is 0.562. The maximum absolute atomic E-state index is 4.14. The Kier molecular flexibility index (Phi) is 3.03. The Morgan fingerprint density at radius 1 is 1.58 bits per heavy atom. The van der Waals surface area contributed by atoms with Crippen molar-refractivity contribution in [3.8, 4) is 0 Å². The van der Waals surface area contributed by atoms with Crippen LogP contribution in [0.4, 0.5) is 0 Å². The molecule has 0 saturated carbocycles. The molecule has 64 valence electrons. The van der Waals surface area contributed by atoms with Crippen LogP contribution in [0.15, 0.2) is 40.4 Å². The van der Waals surface area contributed by atoms with Crippen LogP contribution in [0, 0.1) is 0 Å². The molecule has 1 rings (SSSR count). The van der Waals surface area contributed by atoms with Gasteiger partial charge in [0.25, 0.3) is 0 Å². The summed E-state index contributed by atoms with van der Waals surface area (Å²) in [5.74, 6) is 0. The van der Waals surface area contributed by atoms with Crippen LogP contribution in [0.25, 0.3) is 0 Å². The van der Waals surface area contributed by atoms with Gasteiger partial charge in [-0.05, 0) is 42.2 Å². The van der Waals surface area contributed by atoms with Gasteiger partial charge in [-0.1, -0.05) is 13.5 Å². The number of hydrogen-bond acceptors (Lipinski definition) is 1. The zero-order chi connectivity index (χ0) is 8.97. The minimum Gasteiger partial charge on any atom is -0.293 e. The van der Waals surface area contributed by atoms with E-state index in [1.807, 2.05) is 13.1 Å². The predicted octanol–water partition coefficient (Wildman–Crippen LogP) is 2.91. The van der Waals surface area contributed by atoms with E-state index in [1.54, 1.807) is 0 Å². The second-order valence-electron chi connectivity index (χ2n) is 2.78. The van der Waals surface area contributed by atoms with E-state index in [2.05, 4.69) is 30.6 Å². The van der Waals surface area contributed by atoms with Crippen molar-refractivity contribution in [3.05, 3.63) is 35.5 Å². The minimum atomic E-state index is 0.855. The van der Waals surface area contributed by atoms with Crippen molar-refractivity contribution in [2.24, 2.45) is 4.99 Å². The van der Waals surface area contributed by atoms with Crippen molar-refractivity contribution in [2.45, 2.75) is 20.3 Å². The molecule has 0 unspecified atom stereocenters. The molecule has 0 atom stereocenters. The monoisotopic (exact) mass is 161 g/mol. The van der Waals surface area contributed by atoms with Crippen molar-refractivity contribution in [1.82, 2.24) is 0 Å². The molecule has 0 spiro atoms. The van der Waals surface area contributed by atoms with Crippen LogP contribution in [0.1, 0.15) is 20.3 Å². The predicted molar refractivity (Wildman–Crippen MR) is 54.6 cm³/mol. The Bertz CT molecular complexity index is 267. The fourth-order valence-electron chi connectivity index (χ4n) is 1.08. The van der Waals surface area contributed by atoms with Gasteiger partial charge < -0.3 is 0 Å². The summed E-state index contributed by atoms with van der Waals surface area (Å²) >= 11 is 0. The average molecular weight is 161 g/mol. The molecule has 1 aliphatic carbocycles. The lowest BCUT2D eigenvalue weighted by molar-refractivity contribution is 1.13. The van der Waals surface area contributed by atoms with Gasteiger partial charge in [-0.2, -0.15) is 0 Å². The van der Waals surface area contributed by atoms with Gasteiger partial charge in [0.05, 0.1) is 0 Å². The molecule has 0 fully saturated rings. The second kappa shape index (κ2) is 4.05. The summed E-state index contributed by atoms with van der Waals surface area (Å²) in [4.78, 5) is 4.14. The molecule has 0 aliphatic heterocycles. The summed E-state index contributed by atoms with van der Waals surface area (Å²) in [6.07, 6.45) is 7.12. The zero-order valence-corrected chi connectivity index (χ0v) is 7.80. The van der Waals surface area contributed by atoms with Crippen LogP contribution in [0.2, 0.25) is 0 Å². The van der Waals surface area contributed by atoms with E-state index in [4.69, 9.17) is 0 Å². The molecule has 0 amide bonds.